The summed E-state index contributed by atoms with van der Waals surface area (Å²) in [6.45, 7) is 0.197. The van der Waals surface area contributed by atoms with Gasteiger partial charge in [0.05, 0.1) is 23.9 Å². The summed E-state index contributed by atoms with van der Waals surface area (Å²) in [6, 6.07) is 16.9. The number of amides is 1. The highest BCUT2D eigenvalue weighted by Gasteiger charge is 2.34. The highest BCUT2D eigenvalue weighted by Crippen LogP contribution is 2.34. The minimum atomic E-state index is -0.401. The van der Waals surface area contributed by atoms with Crippen LogP contribution in [-0.2, 0) is 11.3 Å². The van der Waals surface area contributed by atoms with E-state index in [-0.39, 0.29) is 12.5 Å². The number of furan rings is 1. The molecule has 0 aliphatic carbocycles. The van der Waals surface area contributed by atoms with Gasteiger partial charge in [-0.1, -0.05) is 41.9 Å². The van der Waals surface area contributed by atoms with Crippen LogP contribution in [0.3, 0.4) is 0 Å². The minimum absolute atomic E-state index is 0.197. The fraction of sp³-hybridized carbons (Fsp3) is 0.0455. The second kappa shape index (κ2) is 9.11. The zero-order chi connectivity index (χ0) is 20.9. The van der Waals surface area contributed by atoms with Crippen molar-refractivity contribution in [2.24, 2.45) is 10.2 Å². The van der Waals surface area contributed by atoms with Gasteiger partial charge in [-0.2, -0.15) is 5.10 Å². The first kappa shape index (κ1) is 20.1. The highest BCUT2D eigenvalue weighted by molar-refractivity contribution is 8.18. The van der Waals surface area contributed by atoms with E-state index in [0.717, 1.165) is 17.3 Å². The second-order valence-corrected chi connectivity index (χ2v) is 7.73. The Balaban J connectivity index is 1.63. The van der Waals surface area contributed by atoms with E-state index in [2.05, 4.69) is 10.2 Å². The smallest absolute Gasteiger partial charge is 0.267 e. The Hall–Kier alpha value is -3.16. The largest absolute Gasteiger partial charge is 0.467 e. The maximum atomic E-state index is 14.0. The van der Waals surface area contributed by atoms with Crippen LogP contribution in [-0.4, -0.2) is 22.2 Å². The SMILES string of the molecule is O=C1/C(=C/c2ccccc2F)S/C(=N/N=C\c2ccc(Cl)cc2)N1Cc1ccco1. The fourth-order valence-electron chi connectivity index (χ4n) is 2.71. The molecule has 0 N–H and O–H groups in total. The molecule has 1 aromatic heterocycles. The number of nitrogens with zero attached hydrogens (tertiary/aromatic N) is 3. The van der Waals surface area contributed by atoms with E-state index >= 15 is 0 Å². The molecule has 5 nitrogen and oxygen atoms in total. The van der Waals surface area contributed by atoms with Crippen LogP contribution in [0.4, 0.5) is 4.39 Å². The van der Waals surface area contributed by atoms with Crippen LogP contribution in [0.5, 0.6) is 0 Å². The highest BCUT2D eigenvalue weighted by atomic mass is 35.5. The number of benzene rings is 2. The Bertz CT molecular complexity index is 1140. The predicted molar refractivity (Wildman–Crippen MR) is 118 cm³/mol. The molecule has 8 heteroatoms. The van der Waals surface area contributed by atoms with Gasteiger partial charge in [0.25, 0.3) is 5.91 Å². The van der Waals surface area contributed by atoms with Crippen molar-refractivity contribution in [3.63, 3.8) is 0 Å². The Morgan fingerprint density at radius 1 is 1.10 bits per heavy atom. The van der Waals surface area contributed by atoms with Crippen molar-refractivity contribution < 1.29 is 13.6 Å². The molecule has 150 valence electrons. The van der Waals surface area contributed by atoms with Gasteiger partial charge in [0.15, 0.2) is 5.17 Å². The lowest BCUT2D eigenvalue weighted by Gasteiger charge is -2.12. The Morgan fingerprint density at radius 3 is 2.63 bits per heavy atom. The van der Waals surface area contributed by atoms with Gasteiger partial charge in [-0.3, -0.25) is 9.69 Å². The summed E-state index contributed by atoms with van der Waals surface area (Å²) in [4.78, 5) is 14.8. The number of thioether (sulfide) groups is 1. The molecule has 2 aromatic carbocycles. The molecule has 3 aromatic rings. The van der Waals surface area contributed by atoms with E-state index in [4.69, 9.17) is 16.0 Å². The van der Waals surface area contributed by atoms with Crippen LogP contribution in [0.15, 0.2) is 86.5 Å². The quantitative estimate of drug-likeness (QED) is 0.296. The van der Waals surface area contributed by atoms with Gasteiger partial charge in [-0.15, -0.1) is 5.10 Å². The summed E-state index contributed by atoms with van der Waals surface area (Å²) < 4.78 is 19.4. The Morgan fingerprint density at radius 2 is 1.90 bits per heavy atom. The van der Waals surface area contributed by atoms with E-state index < -0.39 is 5.82 Å². The third-order valence-electron chi connectivity index (χ3n) is 4.19. The van der Waals surface area contributed by atoms with Gasteiger partial charge in [-0.25, -0.2) is 4.39 Å². The topological polar surface area (TPSA) is 58.2 Å². The molecule has 1 aliphatic rings. The zero-order valence-electron chi connectivity index (χ0n) is 15.5. The minimum Gasteiger partial charge on any atom is -0.467 e. The molecule has 30 heavy (non-hydrogen) atoms. The molecular weight excluding hydrogens is 425 g/mol. The normalized spacial score (nSPS) is 17.0. The fourth-order valence-corrected chi connectivity index (χ4v) is 3.76. The lowest BCUT2D eigenvalue weighted by Crippen LogP contribution is -2.28. The summed E-state index contributed by atoms with van der Waals surface area (Å²) >= 11 is 7.02. The average Bonchev–Trinajstić information content (AvgIpc) is 3.35. The second-order valence-electron chi connectivity index (χ2n) is 6.28. The third-order valence-corrected chi connectivity index (χ3v) is 5.44. The average molecular weight is 440 g/mol. The number of rotatable bonds is 5. The van der Waals surface area contributed by atoms with Crippen molar-refractivity contribution in [3.8, 4) is 0 Å². The third kappa shape index (κ3) is 4.69. The predicted octanol–water partition coefficient (Wildman–Crippen LogP) is 5.58. The molecule has 0 radical (unpaired) electrons. The Kier molecular flexibility index (Phi) is 6.11. The van der Waals surface area contributed by atoms with Crippen molar-refractivity contribution >= 4 is 46.7 Å². The molecule has 0 atom stereocenters. The maximum absolute atomic E-state index is 14.0. The first-order chi connectivity index (χ1) is 14.6. The van der Waals surface area contributed by atoms with E-state index in [1.807, 2.05) is 12.1 Å². The molecule has 0 saturated carbocycles. The van der Waals surface area contributed by atoms with Crippen molar-refractivity contribution in [2.45, 2.75) is 6.54 Å². The van der Waals surface area contributed by atoms with Crippen LogP contribution >= 0.6 is 23.4 Å². The van der Waals surface area contributed by atoms with Gasteiger partial charge in [0.1, 0.15) is 11.6 Å². The van der Waals surface area contributed by atoms with E-state index in [1.165, 1.54) is 23.3 Å². The van der Waals surface area contributed by atoms with Crippen molar-refractivity contribution in [2.75, 3.05) is 0 Å². The summed E-state index contributed by atoms with van der Waals surface area (Å²) in [5, 5.41) is 9.32. The van der Waals surface area contributed by atoms with Crippen molar-refractivity contribution in [1.82, 2.24) is 4.90 Å². The first-order valence-corrected chi connectivity index (χ1v) is 10.1. The molecule has 1 fully saturated rings. The molecular formula is C22H15ClFN3O2S. The van der Waals surface area contributed by atoms with Crippen LogP contribution in [0.25, 0.3) is 6.08 Å². The summed E-state index contributed by atoms with van der Waals surface area (Å²) in [5.41, 5.74) is 1.15. The van der Waals surface area contributed by atoms with Crippen LogP contribution in [0.1, 0.15) is 16.9 Å². The molecule has 1 amide bonds. The number of halogens is 2. The number of hydrogen-bond donors (Lipinski definition) is 0. The van der Waals surface area contributed by atoms with Crippen LogP contribution < -0.4 is 0 Å². The molecule has 1 aliphatic heterocycles. The molecule has 0 bridgehead atoms. The van der Waals surface area contributed by atoms with E-state index in [0.29, 0.717) is 26.4 Å². The van der Waals surface area contributed by atoms with E-state index in [1.54, 1.807) is 48.7 Å². The van der Waals surface area contributed by atoms with Crippen molar-refractivity contribution in [1.29, 1.82) is 0 Å². The van der Waals surface area contributed by atoms with Crippen molar-refractivity contribution in [3.05, 3.63) is 99.6 Å². The lowest BCUT2D eigenvalue weighted by molar-refractivity contribution is -0.122. The van der Waals surface area contributed by atoms with Gasteiger partial charge in [-0.05, 0) is 53.7 Å². The standard InChI is InChI=1S/C22H15ClFN3O2S/c23-17-9-7-15(8-10-17)13-25-26-22-27(14-18-5-3-11-29-18)21(28)20(30-22)12-16-4-1-2-6-19(16)24/h1-13H,14H2/b20-12-,25-13-,26-22+. The lowest BCUT2D eigenvalue weighted by atomic mass is 10.2. The van der Waals surface area contributed by atoms with Gasteiger partial charge < -0.3 is 4.42 Å². The number of amidine groups is 1. The van der Waals surface area contributed by atoms with Crippen LogP contribution in [0, 0.1) is 5.82 Å². The van der Waals surface area contributed by atoms with Gasteiger partial charge in [0.2, 0.25) is 0 Å². The zero-order valence-corrected chi connectivity index (χ0v) is 17.1. The number of carbonyl (C=O) groups excluding carboxylic acids is 1. The molecule has 1 saturated heterocycles. The van der Waals surface area contributed by atoms with Gasteiger partial charge in [0, 0.05) is 10.6 Å². The summed E-state index contributed by atoms with van der Waals surface area (Å²) in [5.74, 6) is -0.0901. The van der Waals surface area contributed by atoms with Crippen LogP contribution in [0.2, 0.25) is 5.02 Å². The number of carbonyl (C=O) groups is 1. The van der Waals surface area contributed by atoms with Gasteiger partial charge >= 0.3 is 0 Å². The monoisotopic (exact) mass is 439 g/mol. The molecule has 4 rings (SSSR count). The Labute approximate surface area is 181 Å². The first-order valence-electron chi connectivity index (χ1n) is 8.95. The summed E-state index contributed by atoms with van der Waals surface area (Å²) in [6.07, 6.45) is 4.62. The van der Waals surface area contributed by atoms with E-state index in [9.17, 15) is 9.18 Å². The maximum Gasteiger partial charge on any atom is 0.267 e. The summed E-state index contributed by atoms with van der Waals surface area (Å²) in [7, 11) is 0. The molecule has 2 heterocycles. The number of hydrogen-bond acceptors (Lipinski definition) is 5. The molecule has 0 unspecified atom stereocenters. The molecule has 0 spiro atoms.